The van der Waals surface area contributed by atoms with Gasteiger partial charge in [-0.15, -0.1) is 0 Å². The molecular formula is C15H33NO2S. The van der Waals surface area contributed by atoms with Crippen LogP contribution in [0.3, 0.4) is 0 Å². The Balaban J connectivity index is 4.32. The largest absolute Gasteiger partial charge is 0.212 e. The van der Waals surface area contributed by atoms with Crippen molar-refractivity contribution in [3.05, 3.63) is 0 Å². The fraction of sp³-hybridized carbons (Fsp3) is 1.00. The molecule has 19 heavy (non-hydrogen) atoms. The van der Waals surface area contributed by atoms with Gasteiger partial charge in [-0.25, -0.2) is 8.42 Å². The molecule has 0 spiro atoms. The fourth-order valence-corrected chi connectivity index (χ4v) is 3.59. The number of nitrogens with zero attached hydrogens (tertiary/aromatic N) is 1. The SMILES string of the molecule is CC(CCCCN(C(C)(C)C)S(C)(=O)=O)C(C)(C)C. The van der Waals surface area contributed by atoms with E-state index in [-0.39, 0.29) is 5.54 Å². The molecule has 0 radical (unpaired) electrons. The molecule has 0 N–H and O–H groups in total. The molecule has 0 aliphatic carbocycles. The van der Waals surface area contributed by atoms with Crippen LogP contribution in [0, 0.1) is 11.3 Å². The third kappa shape index (κ3) is 7.31. The molecule has 116 valence electrons. The summed E-state index contributed by atoms with van der Waals surface area (Å²) in [5, 5.41) is 0. The van der Waals surface area contributed by atoms with Gasteiger partial charge < -0.3 is 0 Å². The van der Waals surface area contributed by atoms with E-state index in [4.69, 9.17) is 0 Å². The molecule has 0 amide bonds. The standard InChI is InChI=1S/C15H33NO2S/c1-13(14(2,3)4)11-9-10-12-16(15(5,6)7)19(8,17)18/h13H,9-12H2,1-8H3. The van der Waals surface area contributed by atoms with E-state index in [9.17, 15) is 8.42 Å². The number of hydrogen-bond donors (Lipinski definition) is 0. The van der Waals surface area contributed by atoms with Gasteiger partial charge in [0.2, 0.25) is 10.0 Å². The maximum absolute atomic E-state index is 11.8. The van der Waals surface area contributed by atoms with E-state index < -0.39 is 10.0 Å². The van der Waals surface area contributed by atoms with Crippen LogP contribution in [0.5, 0.6) is 0 Å². The van der Waals surface area contributed by atoms with Gasteiger partial charge in [-0.2, -0.15) is 4.31 Å². The first-order chi connectivity index (χ1) is 8.26. The Labute approximate surface area is 120 Å². The number of sulfonamides is 1. The van der Waals surface area contributed by atoms with Crippen LogP contribution >= 0.6 is 0 Å². The summed E-state index contributed by atoms with van der Waals surface area (Å²) in [7, 11) is -3.12. The zero-order valence-corrected chi connectivity index (χ0v) is 14.9. The van der Waals surface area contributed by atoms with Gasteiger partial charge in [0.1, 0.15) is 0 Å². The number of rotatable bonds is 6. The second kappa shape index (κ2) is 6.57. The summed E-state index contributed by atoms with van der Waals surface area (Å²) in [5.74, 6) is 0.661. The zero-order chi connectivity index (χ0) is 15.5. The van der Waals surface area contributed by atoms with E-state index in [2.05, 4.69) is 27.7 Å². The second-order valence-electron chi connectivity index (χ2n) is 7.77. The molecule has 0 fully saturated rings. The predicted octanol–water partition coefficient (Wildman–Crippen LogP) is 3.90. The van der Waals surface area contributed by atoms with Gasteiger partial charge in [0, 0.05) is 12.1 Å². The van der Waals surface area contributed by atoms with E-state index in [1.54, 1.807) is 4.31 Å². The van der Waals surface area contributed by atoms with Crippen molar-refractivity contribution in [2.45, 2.75) is 73.3 Å². The molecular weight excluding hydrogens is 258 g/mol. The third-order valence-electron chi connectivity index (χ3n) is 3.88. The molecule has 0 aromatic carbocycles. The van der Waals surface area contributed by atoms with E-state index >= 15 is 0 Å². The van der Waals surface area contributed by atoms with E-state index in [1.807, 2.05) is 20.8 Å². The first kappa shape index (κ1) is 18.9. The molecule has 0 bridgehead atoms. The summed E-state index contributed by atoms with van der Waals surface area (Å²) < 4.78 is 25.2. The lowest BCUT2D eigenvalue weighted by atomic mass is 9.79. The summed E-state index contributed by atoms with van der Waals surface area (Å²) >= 11 is 0. The summed E-state index contributed by atoms with van der Waals surface area (Å²) in [5.41, 5.74) is 0.00374. The molecule has 0 saturated heterocycles. The Hall–Kier alpha value is -0.0900. The van der Waals surface area contributed by atoms with Crippen LogP contribution in [0.2, 0.25) is 0 Å². The Morgan fingerprint density at radius 1 is 1.00 bits per heavy atom. The Morgan fingerprint density at radius 3 is 1.79 bits per heavy atom. The monoisotopic (exact) mass is 291 g/mol. The molecule has 0 heterocycles. The van der Waals surface area contributed by atoms with Gasteiger partial charge >= 0.3 is 0 Å². The summed E-state index contributed by atoms with van der Waals surface area (Å²) in [6.07, 6.45) is 4.48. The van der Waals surface area contributed by atoms with Gasteiger partial charge in [-0.3, -0.25) is 0 Å². The normalized spacial score (nSPS) is 15.8. The van der Waals surface area contributed by atoms with Crippen LogP contribution in [0.15, 0.2) is 0 Å². The van der Waals surface area contributed by atoms with Crippen LogP contribution in [0.1, 0.15) is 67.7 Å². The Morgan fingerprint density at radius 2 is 1.47 bits per heavy atom. The first-order valence-electron chi connectivity index (χ1n) is 7.24. The quantitative estimate of drug-likeness (QED) is 0.696. The average molecular weight is 292 g/mol. The van der Waals surface area contributed by atoms with Crippen LogP contribution in [0.25, 0.3) is 0 Å². The molecule has 3 nitrogen and oxygen atoms in total. The Kier molecular flexibility index (Phi) is 6.54. The smallest absolute Gasteiger partial charge is 0.211 e. The summed E-state index contributed by atoms with van der Waals surface area (Å²) in [4.78, 5) is 0. The molecule has 1 unspecified atom stereocenters. The minimum absolute atomic E-state index is 0.330. The molecule has 0 aliphatic heterocycles. The third-order valence-corrected chi connectivity index (χ3v) is 5.41. The summed E-state index contributed by atoms with van der Waals surface area (Å²) in [6.45, 7) is 15.5. The zero-order valence-electron chi connectivity index (χ0n) is 14.1. The highest BCUT2D eigenvalue weighted by Crippen LogP contribution is 2.29. The topological polar surface area (TPSA) is 37.4 Å². The lowest BCUT2D eigenvalue weighted by Crippen LogP contribution is -2.45. The minimum atomic E-state index is -3.12. The van der Waals surface area contributed by atoms with E-state index in [1.165, 1.54) is 6.26 Å². The van der Waals surface area contributed by atoms with Crippen LogP contribution < -0.4 is 0 Å². The maximum Gasteiger partial charge on any atom is 0.211 e. The average Bonchev–Trinajstić information content (AvgIpc) is 2.10. The Bertz CT molecular complexity index is 361. The molecule has 0 aliphatic rings. The lowest BCUT2D eigenvalue weighted by Gasteiger charge is -2.33. The van der Waals surface area contributed by atoms with Gasteiger partial charge in [0.25, 0.3) is 0 Å². The van der Waals surface area contributed by atoms with Crippen LogP contribution in [-0.4, -0.2) is 31.1 Å². The first-order valence-corrected chi connectivity index (χ1v) is 9.09. The van der Waals surface area contributed by atoms with Crippen molar-refractivity contribution in [2.24, 2.45) is 11.3 Å². The molecule has 0 aromatic rings. The lowest BCUT2D eigenvalue weighted by molar-refractivity contribution is 0.223. The highest BCUT2D eigenvalue weighted by Gasteiger charge is 2.29. The van der Waals surface area contributed by atoms with E-state index in [0.29, 0.717) is 17.9 Å². The van der Waals surface area contributed by atoms with Gasteiger partial charge in [-0.05, 0) is 38.5 Å². The van der Waals surface area contributed by atoms with Crippen LogP contribution in [-0.2, 0) is 10.0 Å². The fourth-order valence-electron chi connectivity index (χ4n) is 2.14. The number of hydrogen-bond acceptors (Lipinski definition) is 2. The van der Waals surface area contributed by atoms with Crippen molar-refractivity contribution < 1.29 is 8.42 Å². The predicted molar refractivity (Wildman–Crippen MR) is 83.8 cm³/mol. The van der Waals surface area contributed by atoms with Crippen molar-refractivity contribution in [1.82, 2.24) is 4.31 Å². The van der Waals surface area contributed by atoms with Gasteiger partial charge in [0.15, 0.2) is 0 Å². The molecule has 0 aromatic heterocycles. The number of unbranched alkanes of at least 4 members (excludes halogenated alkanes) is 1. The maximum atomic E-state index is 11.8. The minimum Gasteiger partial charge on any atom is -0.212 e. The molecule has 1 atom stereocenters. The summed E-state index contributed by atoms with van der Waals surface area (Å²) in [6, 6.07) is 0. The van der Waals surface area contributed by atoms with Crippen molar-refractivity contribution in [1.29, 1.82) is 0 Å². The highest BCUT2D eigenvalue weighted by molar-refractivity contribution is 7.88. The molecule has 4 heteroatoms. The second-order valence-corrected chi connectivity index (χ2v) is 9.68. The van der Waals surface area contributed by atoms with Gasteiger partial charge in [0.05, 0.1) is 6.26 Å². The van der Waals surface area contributed by atoms with Crippen LogP contribution in [0.4, 0.5) is 0 Å². The van der Waals surface area contributed by atoms with Crippen molar-refractivity contribution in [3.63, 3.8) is 0 Å². The molecule has 0 saturated carbocycles. The van der Waals surface area contributed by atoms with Crippen molar-refractivity contribution >= 4 is 10.0 Å². The van der Waals surface area contributed by atoms with Gasteiger partial charge in [-0.1, -0.05) is 40.5 Å². The van der Waals surface area contributed by atoms with Crippen molar-refractivity contribution in [2.75, 3.05) is 12.8 Å². The van der Waals surface area contributed by atoms with E-state index in [0.717, 1.165) is 19.3 Å². The molecule has 0 rings (SSSR count). The highest BCUT2D eigenvalue weighted by atomic mass is 32.2. The van der Waals surface area contributed by atoms with Crippen molar-refractivity contribution in [3.8, 4) is 0 Å².